The van der Waals surface area contributed by atoms with Crippen molar-refractivity contribution in [1.29, 1.82) is 0 Å². The number of benzene rings is 1. The van der Waals surface area contributed by atoms with Crippen molar-refractivity contribution in [3.63, 3.8) is 0 Å². The highest BCUT2D eigenvalue weighted by molar-refractivity contribution is 5.68. The summed E-state index contributed by atoms with van der Waals surface area (Å²) in [4.78, 5) is 0. The Labute approximate surface area is 125 Å². The molecular formula is C18H21NO2. The molecule has 0 bridgehead atoms. The van der Waals surface area contributed by atoms with Gasteiger partial charge in [-0.25, -0.2) is 0 Å². The number of rotatable bonds is 4. The number of hydrogen-bond donors (Lipinski definition) is 1. The highest BCUT2D eigenvalue weighted by Gasteiger charge is 2.30. The molecular weight excluding hydrogens is 262 g/mol. The van der Waals surface area contributed by atoms with E-state index in [0.717, 1.165) is 24.5 Å². The molecule has 0 saturated heterocycles. The molecule has 2 aliphatic rings. The minimum Gasteiger partial charge on any atom is -0.487 e. The largest absolute Gasteiger partial charge is 0.487 e. The van der Waals surface area contributed by atoms with Crippen LogP contribution in [0, 0.1) is 0 Å². The maximum absolute atomic E-state index is 5.95. The van der Waals surface area contributed by atoms with Crippen molar-refractivity contribution < 1.29 is 9.15 Å². The lowest BCUT2D eigenvalue weighted by atomic mass is 9.98. The van der Waals surface area contributed by atoms with Crippen molar-refractivity contribution in [1.82, 2.24) is 5.32 Å². The molecule has 1 fully saturated rings. The van der Waals surface area contributed by atoms with Crippen LogP contribution in [0.15, 0.2) is 34.9 Å². The van der Waals surface area contributed by atoms with Crippen LogP contribution in [0.1, 0.15) is 38.0 Å². The molecule has 1 aromatic heterocycles. The van der Waals surface area contributed by atoms with Gasteiger partial charge in [0, 0.05) is 18.0 Å². The molecule has 0 unspecified atom stereocenters. The summed E-state index contributed by atoms with van der Waals surface area (Å²) in [7, 11) is 0. The maximum Gasteiger partial charge on any atom is 0.125 e. The number of furan rings is 1. The Bertz CT molecular complexity index is 668. The SMILES string of the molecule is CC1(C)Cc2cc(-c3ccoc3CNC3CC3)ccc2O1. The summed E-state index contributed by atoms with van der Waals surface area (Å²) in [6.45, 7) is 5.08. The van der Waals surface area contributed by atoms with Crippen LogP contribution in [-0.4, -0.2) is 11.6 Å². The van der Waals surface area contributed by atoms with Gasteiger partial charge in [-0.1, -0.05) is 6.07 Å². The van der Waals surface area contributed by atoms with Crippen LogP contribution in [0.4, 0.5) is 0 Å². The molecule has 0 atom stereocenters. The van der Waals surface area contributed by atoms with Gasteiger partial charge in [0.2, 0.25) is 0 Å². The lowest BCUT2D eigenvalue weighted by Crippen LogP contribution is -2.24. The molecule has 1 aliphatic carbocycles. The third-order valence-electron chi connectivity index (χ3n) is 4.25. The molecule has 2 heterocycles. The van der Waals surface area contributed by atoms with Gasteiger partial charge in [-0.3, -0.25) is 0 Å². The molecule has 2 aromatic rings. The van der Waals surface area contributed by atoms with Crippen molar-refractivity contribution in [2.75, 3.05) is 0 Å². The molecule has 1 aromatic carbocycles. The fourth-order valence-electron chi connectivity index (χ4n) is 3.04. The Morgan fingerprint density at radius 1 is 1.24 bits per heavy atom. The fourth-order valence-corrected chi connectivity index (χ4v) is 3.04. The van der Waals surface area contributed by atoms with Gasteiger partial charge < -0.3 is 14.5 Å². The van der Waals surface area contributed by atoms with Gasteiger partial charge in [0.25, 0.3) is 0 Å². The van der Waals surface area contributed by atoms with Gasteiger partial charge in [0.1, 0.15) is 17.1 Å². The third-order valence-corrected chi connectivity index (χ3v) is 4.25. The van der Waals surface area contributed by atoms with Crippen LogP contribution in [0.3, 0.4) is 0 Å². The summed E-state index contributed by atoms with van der Waals surface area (Å²) in [5, 5.41) is 3.52. The van der Waals surface area contributed by atoms with E-state index < -0.39 is 0 Å². The summed E-state index contributed by atoms with van der Waals surface area (Å²) in [5.41, 5.74) is 3.61. The van der Waals surface area contributed by atoms with Crippen molar-refractivity contribution in [3.8, 4) is 16.9 Å². The Morgan fingerprint density at radius 3 is 2.90 bits per heavy atom. The highest BCUT2D eigenvalue weighted by Crippen LogP contribution is 2.38. The summed E-state index contributed by atoms with van der Waals surface area (Å²) >= 11 is 0. The summed E-state index contributed by atoms with van der Waals surface area (Å²) in [5.74, 6) is 2.05. The zero-order chi connectivity index (χ0) is 14.4. The van der Waals surface area contributed by atoms with E-state index in [1.165, 1.54) is 29.5 Å². The Hall–Kier alpha value is -1.74. The number of ether oxygens (including phenoxy) is 1. The summed E-state index contributed by atoms with van der Waals surface area (Å²) in [6, 6.07) is 9.22. The summed E-state index contributed by atoms with van der Waals surface area (Å²) in [6.07, 6.45) is 5.33. The second-order valence-electron chi connectivity index (χ2n) is 6.77. The quantitative estimate of drug-likeness (QED) is 0.923. The van der Waals surface area contributed by atoms with Crippen LogP contribution in [0.2, 0.25) is 0 Å². The molecule has 1 saturated carbocycles. The van der Waals surface area contributed by atoms with E-state index in [0.29, 0.717) is 6.04 Å². The predicted octanol–water partition coefficient (Wildman–Crippen LogP) is 3.91. The van der Waals surface area contributed by atoms with Gasteiger partial charge in [-0.15, -0.1) is 0 Å². The van der Waals surface area contributed by atoms with Crippen LogP contribution in [-0.2, 0) is 13.0 Å². The van der Waals surface area contributed by atoms with E-state index in [4.69, 9.17) is 9.15 Å². The zero-order valence-electron chi connectivity index (χ0n) is 12.6. The molecule has 4 rings (SSSR count). The van der Waals surface area contributed by atoms with Crippen LogP contribution < -0.4 is 10.1 Å². The van der Waals surface area contributed by atoms with E-state index >= 15 is 0 Å². The molecule has 21 heavy (non-hydrogen) atoms. The molecule has 110 valence electrons. The van der Waals surface area contributed by atoms with Crippen LogP contribution in [0.25, 0.3) is 11.1 Å². The minimum absolute atomic E-state index is 0.0896. The lowest BCUT2D eigenvalue weighted by Gasteiger charge is -2.16. The van der Waals surface area contributed by atoms with Gasteiger partial charge in [0.15, 0.2) is 0 Å². The van der Waals surface area contributed by atoms with Gasteiger partial charge in [0.05, 0.1) is 12.8 Å². The van der Waals surface area contributed by atoms with E-state index in [2.05, 4.69) is 43.4 Å². The standard InChI is InChI=1S/C18H21NO2/c1-18(2)10-13-9-12(3-6-16(13)21-18)15-7-8-20-17(15)11-19-14-4-5-14/h3,6-9,14,19H,4-5,10-11H2,1-2H3. The molecule has 3 nitrogen and oxygen atoms in total. The molecule has 0 amide bonds. The Morgan fingerprint density at radius 2 is 2.10 bits per heavy atom. The normalized spacial score (nSPS) is 19.3. The maximum atomic E-state index is 5.95. The van der Waals surface area contributed by atoms with Crippen LogP contribution in [0.5, 0.6) is 5.75 Å². The van der Waals surface area contributed by atoms with Gasteiger partial charge >= 0.3 is 0 Å². The Balaban J connectivity index is 1.61. The monoisotopic (exact) mass is 283 g/mol. The second-order valence-corrected chi connectivity index (χ2v) is 6.77. The first-order chi connectivity index (χ1) is 10.1. The molecule has 3 heteroatoms. The van der Waals surface area contributed by atoms with E-state index in [1.54, 1.807) is 6.26 Å². The van der Waals surface area contributed by atoms with Gasteiger partial charge in [-0.2, -0.15) is 0 Å². The molecule has 0 spiro atoms. The minimum atomic E-state index is -0.0896. The second kappa shape index (κ2) is 4.63. The lowest BCUT2D eigenvalue weighted by molar-refractivity contribution is 0.138. The summed E-state index contributed by atoms with van der Waals surface area (Å²) < 4.78 is 11.6. The van der Waals surface area contributed by atoms with Crippen LogP contribution >= 0.6 is 0 Å². The number of nitrogens with one attached hydrogen (secondary N) is 1. The average Bonchev–Trinajstić information content (AvgIpc) is 3.04. The van der Waals surface area contributed by atoms with Crippen molar-refractivity contribution in [2.45, 2.75) is 51.3 Å². The molecule has 1 N–H and O–H groups in total. The fraction of sp³-hybridized carbons (Fsp3) is 0.444. The van der Waals surface area contributed by atoms with E-state index in [1.807, 2.05) is 0 Å². The van der Waals surface area contributed by atoms with Crippen molar-refractivity contribution >= 4 is 0 Å². The highest BCUT2D eigenvalue weighted by atomic mass is 16.5. The van der Waals surface area contributed by atoms with E-state index in [-0.39, 0.29) is 5.60 Å². The molecule has 0 radical (unpaired) electrons. The smallest absolute Gasteiger partial charge is 0.125 e. The average molecular weight is 283 g/mol. The van der Waals surface area contributed by atoms with E-state index in [9.17, 15) is 0 Å². The first-order valence-corrected chi connectivity index (χ1v) is 7.73. The molecule has 1 aliphatic heterocycles. The number of fused-ring (bicyclic) bond motifs is 1. The first kappa shape index (κ1) is 13.0. The zero-order valence-corrected chi connectivity index (χ0v) is 12.6. The number of hydrogen-bond acceptors (Lipinski definition) is 3. The first-order valence-electron chi connectivity index (χ1n) is 7.73. The van der Waals surface area contributed by atoms with Crippen molar-refractivity contribution in [2.24, 2.45) is 0 Å². The van der Waals surface area contributed by atoms with Crippen molar-refractivity contribution in [3.05, 3.63) is 41.9 Å². The predicted molar refractivity (Wildman–Crippen MR) is 82.4 cm³/mol. The third kappa shape index (κ3) is 2.58. The Kier molecular flexibility index (Phi) is 2.86. The van der Waals surface area contributed by atoms with Gasteiger partial charge in [-0.05, 0) is 56.0 Å². The topological polar surface area (TPSA) is 34.4 Å².